The van der Waals surface area contributed by atoms with Crippen LogP contribution in [0, 0.1) is 0 Å². The van der Waals surface area contributed by atoms with Crippen LogP contribution in [0.15, 0.2) is 60.3 Å². The van der Waals surface area contributed by atoms with E-state index in [9.17, 15) is 9.59 Å². The van der Waals surface area contributed by atoms with Crippen LogP contribution < -0.4 is 29.1 Å². The topological polar surface area (TPSA) is 88.4 Å². The van der Waals surface area contributed by atoms with E-state index in [2.05, 4.69) is 36.9 Å². The van der Waals surface area contributed by atoms with Crippen molar-refractivity contribution in [2.45, 2.75) is 39.8 Å². The summed E-state index contributed by atoms with van der Waals surface area (Å²) in [5, 5.41) is 0. The number of fused-ring (bicyclic) bond motifs is 1. The second-order valence-corrected chi connectivity index (χ2v) is 11.7. The second-order valence-electron chi connectivity index (χ2n) is 8.88. The summed E-state index contributed by atoms with van der Waals surface area (Å²) in [6.07, 6.45) is 1.74. The molecule has 0 unspecified atom stereocenters. The molecule has 0 saturated carbocycles. The van der Waals surface area contributed by atoms with Gasteiger partial charge in [0.15, 0.2) is 16.3 Å². The lowest BCUT2D eigenvalue weighted by molar-refractivity contribution is -0.139. The Morgan fingerprint density at radius 3 is 2.46 bits per heavy atom. The molecule has 0 saturated heterocycles. The largest absolute Gasteiger partial charge is 0.493 e. The standard InChI is InChI=1S/C28H28Br2N2O6S/c1-7-37-27(34)24-15(4)31-28-32(25(24)18-12-21(35-5)22(36-6)13-19(18)30)26(33)23(39-28)11-16-10-17(29)8-9-20(16)38-14(2)3/h8-14,25H,7H2,1-6H3/b23-11+/t25-/m0/s1. The molecule has 0 aliphatic carbocycles. The Hall–Kier alpha value is -2.89. The number of ether oxygens (including phenoxy) is 4. The minimum absolute atomic E-state index is 0.0447. The van der Waals surface area contributed by atoms with Gasteiger partial charge in [-0.15, -0.1) is 0 Å². The Kier molecular flexibility index (Phi) is 9.03. The van der Waals surface area contributed by atoms with E-state index in [1.54, 1.807) is 39.2 Å². The van der Waals surface area contributed by atoms with Gasteiger partial charge < -0.3 is 18.9 Å². The number of carbonyl (C=O) groups is 1. The first-order valence-corrected chi connectivity index (χ1v) is 14.6. The highest BCUT2D eigenvalue weighted by molar-refractivity contribution is 9.10. The third-order valence-electron chi connectivity index (χ3n) is 5.94. The minimum atomic E-state index is -0.814. The van der Waals surface area contributed by atoms with Crippen LogP contribution in [0.5, 0.6) is 17.2 Å². The summed E-state index contributed by atoms with van der Waals surface area (Å²) < 4.78 is 25.8. The molecule has 0 amide bonds. The highest BCUT2D eigenvalue weighted by Crippen LogP contribution is 2.40. The number of hydrogen-bond donors (Lipinski definition) is 0. The van der Waals surface area contributed by atoms with Gasteiger partial charge in [0.1, 0.15) is 5.75 Å². The molecule has 0 bridgehead atoms. The first-order valence-electron chi connectivity index (χ1n) is 12.2. The molecule has 0 radical (unpaired) electrons. The fourth-order valence-corrected chi connectivity index (χ4v) is 6.26. The molecular formula is C28H28Br2N2O6S. The number of methoxy groups -OCH3 is 2. The van der Waals surface area contributed by atoms with Crippen molar-refractivity contribution in [3.63, 3.8) is 0 Å². The van der Waals surface area contributed by atoms with E-state index in [1.165, 1.54) is 23.0 Å². The lowest BCUT2D eigenvalue weighted by atomic mass is 9.95. The number of carbonyl (C=O) groups excluding carboxylic acids is 1. The predicted molar refractivity (Wildman–Crippen MR) is 158 cm³/mol. The van der Waals surface area contributed by atoms with Crippen molar-refractivity contribution in [2.75, 3.05) is 20.8 Å². The third kappa shape index (κ3) is 5.85. The molecule has 0 spiro atoms. The van der Waals surface area contributed by atoms with E-state index in [4.69, 9.17) is 18.9 Å². The Bertz CT molecular complexity index is 1640. The highest BCUT2D eigenvalue weighted by Gasteiger charge is 2.35. The lowest BCUT2D eigenvalue weighted by Gasteiger charge is -2.26. The number of allylic oxidation sites excluding steroid dienone is 1. The van der Waals surface area contributed by atoms with Gasteiger partial charge in [-0.3, -0.25) is 9.36 Å². The second kappa shape index (κ2) is 12.1. The number of benzene rings is 2. The highest BCUT2D eigenvalue weighted by atomic mass is 79.9. The molecule has 1 aliphatic rings. The van der Waals surface area contributed by atoms with E-state index in [0.29, 0.717) is 42.3 Å². The molecule has 1 atom stereocenters. The summed E-state index contributed by atoms with van der Waals surface area (Å²) in [6, 6.07) is 8.34. The number of halogens is 2. The van der Waals surface area contributed by atoms with Crippen LogP contribution in [0.25, 0.3) is 6.08 Å². The van der Waals surface area contributed by atoms with Gasteiger partial charge >= 0.3 is 5.97 Å². The number of hydrogen-bond acceptors (Lipinski definition) is 8. The van der Waals surface area contributed by atoms with Crippen LogP contribution >= 0.6 is 43.2 Å². The normalized spacial score (nSPS) is 15.2. The Balaban J connectivity index is 2.01. The van der Waals surface area contributed by atoms with Gasteiger partial charge in [0.2, 0.25) is 0 Å². The molecule has 4 rings (SSSR count). The van der Waals surface area contributed by atoms with Crippen LogP contribution in [-0.4, -0.2) is 37.5 Å². The first-order chi connectivity index (χ1) is 18.6. The van der Waals surface area contributed by atoms with Crippen molar-refractivity contribution < 1.29 is 23.7 Å². The summed E-state index contributed by atoms with van der Waals surface area (Å²) >= 11 is 8.37. The summed E-state index contributed by atoms with van der Waals surface area (Å²) in [5.41, 5.74) is 1.82. The van der Waals surface area contributed by atoms with E-state index >= 15 is 0 Å². The zero-order valence-electron chi connectivity index (χ0n) is 22.3. The van der Waals surface area contributed by atoms with Crippen molar-refractivity contribution in [2.24, 2.45) is 4.99 Å². The maximum Gasteiger partial charge on any atom is 0.338 e. The van der Waals surface area contributed by atoms with Gasteiger partial charge in [0.05, 0.1) is 48.8 Å². The molecule has 2 aromatic carbocycles. The van der Waals surface area contributed by atoms with Crippen molar-refractivity contribution in [3.8, 4) is 17.2 Å². The number of rotatable bonds is 8. The number of aromatic nitrogens is 1. The molecule has 39 heavy (non-hydrogen) atoms. The minimum Gasteiger partial charge on any atom is -0.493 e. The summed E-state index contributed by atoms with van der Waals surface area (Å²) in [7, 11) is 3.07. The van der Waals surface area contributed by atoms with Gasteiger partial charge in [-0.05, 0) is 69.7 Å². The smallest absolute Gasteiger partial charge is 0.338 e. The number of esters is 1. The van der Waals surface area contributed by atoms with E-state index < -0.39 is 12.0 Å². The van der Waals surface area contributed by atoms with Crippen molar-refractivity contribution in [1.29, 1.82) is 0 Å². The van der Waals surface area contributed by atoms with E-state index in [1.807, 2.05) is 32.0 Å². The zero-order chi connectivity index (χ0) is 28.4. The molecule has 1 aromatic heterocycles. The number of nitrogens with zero attached hydrogens (tertiary/aromatic N) is 2. The van der Waals surface area contributed by atoms with Crippen LogP contribution in [0.4, 0.5) is 0 Å². The maximum absolute atomic E-state index is 14.0. The van der Waals surface area contributed by atoms with Crippen molar-refractivity contribution in [1.82, 2.24) is 4.57 Å². The average molecular weight is 680 g/mol. The van der Waals surface area contributed by atoms with Gasteiger partial charge in [-0.2, -0.15) is 0 Å². The van der Waals surface area contributed by atoms with Crippen molar-refractivity contribution >= 4 is 55.2 Å². The molecule has 0 N–H and O–H groups in total. The summed E-state index contributed by atoms with van der Waals surface area (Å²) in [6.45, 7) is 7.55. The number of thiazole rings is 1. The Labute approximate surface area is 246 Å². The van der Waals surface area contributed by atoms with Gasteiger partial charge in [0, 0.05) is 14.5 Å². The van der Waals surface area contributed by atoms with Crippen LogP contribution in [0.2, 0.25) is 0 Å². The van der Waals surface area contributed by atoms with Crippen molar-refractivity contribution in [3.05, 3.63) is 81.4 Å². The van der Waals surface area contributed by atoms with Crippen LogP contribution in [-0.2, 0) is 9.53 Å². The molecule has 8 nitrogen and oxygen atoms in total. The van der Waals surface area contributed by atoms with Gasteiger partial charge in [-0.1, -0.05) is 43.2 Å². The lowest BCUT2D eigenvalue weighted by Crippen LogP contribution is -2.40. The van der Waals surface area contributed by atoms with E-state index in [0.717, 1.165) is 10.0 Å². The van der Waals surface area contributed by atoms with Gasteiger partial charge in [0.25, 0.3) is 5.56 Å². The predicted octanol–water partition coefficient (Wildman–Crippen LogP) is 5.13. The fraction of sp³-hybridized carbons (Fsp3) is 0.321. The molecule has 3 aromatic rings. The quantitative estimate of drug-likeness (QED) is 0.307. The van der Waals surface area contributed by atoms with Crippen LogP contribution in [0.3, 0.4) is 0 Å². The summed E-state index contributed by atoms with van der Waals surface area (Å²) in [5.74, 6) is 1.08. The summed E-state index contributed by atoms with van der Waals surface area (Å²) in [4.78, 5) is 32.4. The zero-order valence-corrected chi connectivity index (χ0v) is 26.3. The SMILES string of the molecule is CCOC(=O)C1=C(C)N=c2s/c(=C/c3cc(Br)ccc3OC(C)C)c(=O)n2[C@H]1c1cc(OC)c(OC)cc1Br. The van der Waals surface area contributed by atoms with Gasteiger partial charge in [-0.25, -0.2) is 9.79 Å². The Morgan fingerprint density at radius 2 is 1.82 bits per heavy atom. The molecular weight excluding hydrogens is 652 g/mol. The van der Waals surface area contributed by atoms with E-state index in [-0.39, 0.29) is 23.8 Å². The molecule has 2 heterocycles. The third-order valence-corrected chi connectivity index (χ3v) is 8.10. The maximum atomic E-state index is 14.0. The Morgan fingerprint density at radius 1 is 1.13 bits per heavy atom. The fourth-order valence-electron chi connectivity index (χ4n) is 4.30. The monoisotopic (exact) mass is 678 g/mol. The molecule has 11 heteroatoms. The molecule has 206 valence electrons. The molecule has 1 aliphatic heterocycles. The average Bonchev–Trinajstić information content (AvgIpc) is 3.18. The first kappa shape index (κ1) is 29.1. The molecule has 0 fully saturated rings. The van der Waals surface area contributed by atoms with Crippen LogP contribution in [0.1, 0.15) is 44.9 Å².